The average Bonchev–Trinajstić information content (AvgIpc) is 3.23. The van der Waals surface area contributed by atoms with Crippen LogP contribution >= 0.6 is 0 Å². The summed E-state index contributed by atoms with van der Waals surface area (Å²) in [6, 6.07) is 14.4. The van der Waals surface area contributed by atoms with E-state index < -0.39 is 15.6 Å². The number of rotatable bonds is 5. The van der Waals surface area contributed by atoms with E-state index in [-0.39, 0.29) is 22.5 Å². The maximum Gasteiger partial charge on any atom is 0.316 e. The first-order valence-corrected chi connectivity index (χ1v) is 11.7. The zero-order valence-corrected chi connectivity index (χ0v) is 18.3. The molecule has 1 aromatic heterocycles. The molecule has 0 aliphatic carbocycles. The van der Waals surface area contributed by atoms with Crippen molar-refractivity contribution in [1.82, 2.24) is 15.0 Å². The Labute approximate surface area is 181 Å². The van der Waals surface area contributed by atoms with Gasteiger partial charge in [-0.25, -0.2) is 8.42 Å². The Morgan fingerprint density at radius 3 is 2.45 bits per heavy atom. The second-order valence-corrected chi connectivity index (χ2v) is 9.65. The Morgan fingerprint density at radius 2 is 1.74 bits per heavy atom. The van der Waals surface area contributed by atoms with E-state index in [0.29, 0.717) is 26.2 Å². The van der Waals surface area contributed by atoms with Gasteiger partial charge in [-0.05, 0) is 43.2 Å². The van der Waals surface area contributed by atoms with Crippen LogP contribution in [0.4, 0.5) is 5.69 Å². The fraction of sp³-hybridized carbons (Fsp3) is 0.318. The number of sulfone groups is 1. The molecule has 0 unspecified atom stereocenters. The van der Waals surface area contributed by atoms with Gasteiger partial charge in [0.05, 0.1) is 4.90 Å². The van der Waals surface area contributed by atoms with Crippen LogP contribution < -0.4 is 4.90 Å². The topological polar surface area (TPSA) is 96.6 Å². The summed E-state index contributed by atoms with van der Waals surface area (Å²) >= 11 is 0. The summed E-state index contributed by atoms with van der Waals surface area (Å²) in [4.78, 5) is 20.9. The third-order valence-electron chi connectivity index (χ3n) is 5.34. The molecular weight excluding hydrogens is 416 g/mol. The molecule has 2 aromatic carbocycles. The predicted octanol–water partition coefficient (Wildman–Crippen LogP) is 2.62. The molecule has 31 heavy (non-hydrogen) atoms. The van der Waals surface area contributed by atoms with Gasteiger partial charge in [0.1, 0.15) is 5.75 Å². The van der Waals surface area contributed by atoms with Crippen molar-refractivity contribution in [2.75, 3.05) is 31.1 Å². The molecule has 0 radical (unpaired) electrons. The number of hydrogen-bond acceptors (Lipinski definition) is 7. The van der Waals surface area contributed by atoms with Crippen LogP contribution in [0.2, 0.25) is 0 Å². The molecule has 0 N–H and O–H groups in total. The molecule has 1 saturated heterocycles. The number of benzene rings is 2. The van der Waals surface area contributed by atoms with Gasteiger partial charge in [-0.1, -0.05) is 35.5 Å². The molecule has 1 amide bonds. The second kappa shape index (κ2) is 8.50. The first kappa shape index (κ1) is 21.0. The van der Waals surface area contributed by atoms with E-state index >= 15 is 0 Å². The molecule has 1 aliphatic heterocycles. The van der Waals surface area contributed by atoms with Crippen LogP contribution in [-0.4, -0.2) is 55.5 Å². The van der Waals surface area contributed by atoms with Crippen molar-refractivity contribution in [3.05, 3.63) is 71.4 Å². The summed E-state index contributed by atoms with van der Waals surface area (Å²) in [6.45, 7) is 6.57. The fourth-order valence-corrected chi connectivity index (χ4v) is 4.82. The first-order valence-electron chi connectivity index (χ1n) is 10.1. The maximum absolute atomic E-state index is 12.8. The quantitative estimate of drug-likeness (QED) is 0.602. The lowest BCUT2D eigenvalue weighted by molar-refractivity contribution is 0.0696. The maximum atomic E-state index is 12.8. The SMILES string of the molecule is Cc1ccc(C)c(N2CCN(C(=O)c3nc(CS(=O)(=O)c4ccccc4)no3)CC2)c1. The highest BCUT2D eigenvalue weighted by Gasteiger charge is 2.28. The molecule has 1 aliphatic rings. The minimum absolute atomic E-state index is 0.0266. The van der Waals surface area contributed by atoms with Crippen LogP contribution in [0.15, 0.2) is 57.9 Å². The summed E-state index contributed by atoms with van der Waals surface area (Å²) in [6.07, 6.45) is 0. The van der Waals surface area contributed by atoms with Crippen molar-refractivity contribution < 1.29 is 17.7 Å². The lowest BCUT2D eigenvalue weighted by Crippen LogP contribution is -2.49. The van der Waals surface area contributed by atoms with E-state index in [4.69, 9.17) is 4.52 Å². The molecule has 3 aromatic rings. The molecule has 1 fully saturated rings. The first-order chi connectivity index (χ1) is 14.8. The van der Waals surface area contributed by atoms with Crippen molar-refractivity contribution in [1.29, 1.82) is 0 Å². The van der Waals surface area contributed by atoms with Gasteiger partial charge in [-0.15, -0.1) is 0 Å². The van der Waals surface area contributed by atoms with Gasteiger partial charge in [0.25, 0.3) is 0 Å². The highest BCUT2D eigenvalue weighted by Crippen LogP contribution is 2.23. The van der Waals surface area contributed by atoms with Crippen LogP contribution in [0.3, 0.4) is 0 Å². The lowest BCUT2D eigenvalue weighted by Gasteiger charge is -2.36. The molecule has 4 rings (SSSR count). The van der Waals surface area contributed by atoms with Crippen LogP contribution in [0, 0.1) is 13.8 Å². The van der Waals surface area contributed by atoms with E-state index in [0.717, 1.165) is 0 Å². The third kappa shape index (κ3) is 4.61. The summed E-state index contributed by atoms with van der Waals surface area (Å²) in [5.41, 5.74) is 3.58. The van der Waals surface area contributed by atoms with Gasteiger partial charge in [0, 0.05) is 31.9 Å². The minimum atomic E-state index is -3.61. The summed E-state index contributed by atoms with van der Waals surface area (Å²) in [5.74, 6) is -1.01. The van der Waals surface area contributed by atoms with E-state index in [9.17, 15) is 13.2 Å². The lowest BCUT2D eigenvalue weighted by atomic mass is 10.1. The van der Waals surface area contributed by atoms with E-state index in [1.165, 1.54) is 28.9 Å². The largest absolute Gasteiger partial charge is 0.368 e. The number of carbonyl (C=O) groups excluding carboxylic acids is 1. The molecule has 0 bridgehead atoms. The Kier molecular flexibility index (Phi) is 5.77. The van der Waals surface area contributed by atoms with Crippen molar-refractivity contribution in [3.8, 4) is 0 Å². The second-order valence-electron chi connectivity index (χ2n) is 7.66. The Morgan fingerprint density at radius 1 is 1.03 bits per heavy atom. The highest BCUT2D eigenvalue weighted by molar-refractivity contribution is 7.90. The zero-order chi connectivity index (χ0) is 22.0. The minimum Gasteiger partial charge on any atom is -0.368 e. The van der Waals surface area contributed by atoms with Gasteiger partial charge in [0.15, 0.2) is 15.7 Å². The van der Waals surface area contributed by atoms with Crippen LogP contribution in [0.1, 0.15) is 27.6 Å². The average molecular weight is 441 g/mol. The summed E-state index contributed by atoms with van der Waals surface area (Å²) < 4.78 is 30.0. The van der Waals surface area contributed by atoms with Crippen molar-refractivity contribution in [3.63, 3.8) is 0 Å². The molecule has 162 valence electrons. The number of nitrogens with zero attached hydrogens (tertiary/aromatic N) is 4. The van der Waals surface area contributed by atoms with Gasteiger partial charge in [0.2, 0.25) is 0 Å². The summed E-state index contributed by atoms with van der Waals surface area (Å²) in [7, 11) is -3.61. The van der Waals surface area contributed by atoms with Crippen LogP contribution in [-0.2, 0) is 15.6 Å². The van der Waals surface area contributed by atoms with Gasteiger partial charge < -0.3 is 14.3 Å². The van der Waals surface area contributed by atoms with Gasteiger partial charge in [-0.2, -0.15) is 4.98 Å². The fourth-order valence-electron chi connectivity index (χ4n) is 3.63. The number of aromatic nitrogens is 2. The molecule has 0 spiro atoms. The molecule has 8 nitrogen and oxygen atoms in total. The molecular formula is C22H24N4O4S. The van der Waals surface area contributed by atoms with Crippen molar-refractivity contribution >= 4 is 21.4 Å². The van der Waals surface area contributed by atoms with Gasteiger partial charge >= 0.3 is 11.8 Å². The van der Waals surface area contributed by atoms with Crippen molar-refractivity contribution in [2.45, 2.75) is 24.5 Å². The molecule has 2 heterocycles. The number of piperazine rings is 1. The molecule has 0 saturated carbocycles. The smallest absolute Gasteiger partial charge is 0.316 e. The number of anilines is 1. The van der Waals surface area contributed by atoms with Crippen LogP contribution in [0.5, 0.6) is 0 Å². The van der Waals surface area contributed by atoms with E-state index in [1.54, 1.807) is 23.1 Å². The normalized spacial score (nSPS) is 14.6. The third-order valence-corrected chi connectivity index (χ3v) is 6.97. The number of carbonyl (C=O) groups is 1. The Hall–Kier alpha value is -3.20. The Balaban J connectivity index is 1.40. The number of aryl methyl sites for hydroxylation is 2. The van der Waals surface area contributed by atoms with Crippen molar-refractivity contribution in [2.24, 2.45) is 0 Å². The number of amides is 1. The summed E-state index contributed by atoms with van der Waals surface area (Å²) in [5, 5.41) is 3.70. The molecule has 9 heteroatoms. The van der Waals surface area contributed by atoms with E-state index in [2.05, 4.69) is 47.1 Å². The zero-order valence-electron chi connectivity index (χ0n) is 17.5. The monoisotopic (exact) mass is 440 g/mol. The Bertz CT molecular complexity index is 1180. The number of hydrogen-bond donors (Lipinski definition) is 0. The highest BCUT2D eigenvalue weighted by atomic mass is 32.2. The van der Waals surface area contributed by atoms with Crippen LogP contribution in [0.25, 0.3) is 0 Å². The predicted molar refractivity (Wildman–Crippen MR) is 116 cm³/mol. The molecule has 0 atom stereocenters. The van der Waals surface area contributed by atoms with Gasteiger partial charge in [-0.3, -0.25) is 4.79 Å². The van der Waals surface area contributed by atoms with E-state index in [1.807, 2.05) is 0 Å². The standard InChI is InChI=1S/C22H24N4O4S/c1-16-8-9-17(2)19(14-16)25-10-12-26(13-11-25)22(27)21-23-20(24-30-21)15-31(28,29)18-6-4-3-5-7-18/h3-9,14H,10-13,15H2,1-2H3.